The van der Waals surface area contributed by atoms with E-state index in [1.807, 2.05) is 48.2 Å². The van der Waals surface area contributed by atoms with Gasteiger partial charge in [0.25, 0.3) is 5.91 Å². The van der Waals surface area contributed by atoms with Crippen molar-refractivity contribution in [3.63, 3.8) is 0 Å². The van der Waals surface area contributed by atoms with Crippen molar-refractivity contribution in [3.05, 3.63) is 53.7 Å². The molecule has 114 valence electrons. The highest BCUT2D eigenvalue weighted by Crippen LogP contribution is 2.25. The van der Waals surface area contributed by atoms with Crippen molar-refractivity contribution in [3.8, 4) is 11.3 Å². The lowest BCUT2D eigenvalue weighted by atomic mass is 9.98. The van der Waals surface area contributed by atoms with Gasteiger partial charge in [-0.2, -0.15) is 0 Å². The minimum absolute atomic E-state index is 0.114. The summed E-state index contributed by atoms with van der Waals surface area (Å²) < 4.78 is 0. The summed E-state index contributed by atoms with van der Waals surface area (Å²) in [6, 6.07) is 12.1. The van der Waals surface area contributed by atoms with Gasteiger partial charge in [0.05, 0.1) is 5.69 Å². The van der Waals surface area contributed by atoms with Gasteiger partial charge in [-0.1, -0.05) is 18.2 Å². The molecule has 1 saturated heterocycles. The minimum atomic E-state index is 0.114. The first-order chi connectivity index (χ1) is 10.7. The molecular weight excluding hydrogens is 274 g/mol. The van der Waals surface area contributed by atoms with E-state index in [9.17, 15) is 4.79 Å². The van der Waals surface area contributed by atoms with Gasteiger partial charge in [0.1, 0.15) is 0 Å². The van der Waals surface area contributed by atoms with Crippen LogP contribution in [-0.2, 0) is 0 Å². The summed E-state index contributed by atoms with van der Waals surface area (Å²) in [4.78, 5) is 19.2. The Bertz CT molecular complexity index is 669. The predicted molar refractivity (Wildman–Crippen MR) is 87.8 cm³/mol. The maximum absolute atomic E-state index is 12.8. The number of carbonyl (C=O) groups excluding carboxylic acids is 1. The van der Waals surface area contributed by atoms with Crippen LogP contribution in [-0.4, -0.2) is 41.5 Å². The monoisotopic (exact) mass is 295 g/mol. The molecule has 0 spiro atoms. The van der Waals surface area contributed by atoms with E-state index >= 15 is 0 Å². The van der Waals surface area contributed by atoms with Crippen LogP contribution >= 0.6 is 0 Å². The molecule has 0 saturated carbocycles. The number of pyridine rings is 1. The van der Waals surface area contributed by atoms with Crippen molar-refractivity contribution in [2.24, 2.45) is 0 Å². The van der Waals surface area contributed by atoms with E-state index in [1.54, 1.807) is 6.20 Å². The van der Waals surface area contributed by atoms with Crippen LogP contribution < -0.4 is 5.32 Å². The number of benzene rings is 1. The maximum Gasteiger partial charge on any atom is 0.254 e. The second-order valence-electron chi connectivity index (χ2n) is 5.80. The zero-order chi connectivity index (χ0) is 15.5. The Hall–Kier alpha value is -2.20. The third-order valence-corrected chi connectivity index (χ3v) is 4.16. The number of piperazine rings is 1. The smallest absolute Gasteiger partial charge is 0.254 e. The van der Waals surface area contributed by atoms with Crippen molar-refractivity contribution >= 4 is 5.91 Å². The molecule has 1 aliphatic rings. The van der Waals surface area contributed by atoms with Crippen LogP contribution in [0.5, 0.6) is 0 Å². The fourth-order valence-electron chi connectivity index (χ4n) is 2.95. The molecule has 22 heavy (non-hydrogen) atoms. The third-order valence-electron chi connectivity index (χ3n) is 4.16. The number of rotatable bonds is 2. The van der Waals surface area contributed by atoms with Crippen molar-refractivity contribution in [2.45, 2.75) is 19.9 Å². The molecule has 1 aromatic heterocycles. The number of nitrogens with one attached hydrogen (secondary N) is 1. The van der Waals surface area contributed by atoms with Crippen molar-refractivity contribution in [1.82, 2.24) is 15.2 Å². The SMILES string of the molecule is Cc1c(C(=O)N2CCN[C@H](C)C2)cccc1-c1ccccn1. The Labute approximate surface area is 131 Å². The average Bonchev–Trinajstić information content (AvgIpc) is 2.55. The third kappa shape index (κ3) is 2.88. The van der Waals surface area contributed by atoms with E-state index < -0.39 is 0 Å². The molecule has 0 bridgehead atoms. The van der Waals surface area contributed by atoms with Gasteiger partial charge in [0, 0.05) is 43.0 Å². The lowest BCUT2D eigenvalue weighted by molar-refractivity contribution is 0.0708. The normalized spacial score (nSPS) is 18.3. The highest BCUT2D eigenvalue weighted by molar-refractivity contribution is 5.97. The summed E-state index contributed by atoms with van der Waals surface area (Å²) >= 11 is 0. The molecule has 4 heteroatoms. The van der Waals surface area contributed by atoms with Crippen LogP contribution in [0.1, 0.15) is 22.8 Å². The zero-order valence-electron chi connectivity index (χ0n) is 13.0. The first-order valence-corrected chi connectivity index (χ1v) is 7.70. The van der Waals surface area contributed by atoms with Crippen molar-refractivity contribution in [2.75, 3.05) is 19.6 Å². The molecule has 1 aromatic carbocycles. The van der Waals surface area contributed by atoms with Gasteiger partial charge in [0.2, 0.25) is 0 Å². The first-order valence-electron chi connectivity index (χ1n) is 7.70. The van der Waals surface area contributed by atoms with Gasteiger partial charge in [-0.05, 0) is 37.6 Å². The predicted octanol–water partition coefficient (Wildman–Crippen LogP) is 2.49. The molecule has 2 aromatic rings. The van der Waals surface area contributed by atoms with E-state index in [0.29, 0.717) is 6.04 Å². The standard InChI is InChI=1S/C18H21N3O/c1-13-12-21(11-10-19-13)18(22)16-7-5-6-15(14(16)2)17-8-3-4-9-20-17/h3-9,13,19H,10-12H2,1-2H3/t13-/m1/s1. The van der Waals surface area contributed by atoms with Gasteiger partial charge >= 0.3 is 0 Å². The van der Waals surface area contributed by atoms with Crippen molar-refractivity contribution in [1.29, 1.82) is 0 Å². The van der Waals surface area contributed by atoms with E-state index in [1.165, 1.54) is 0 Å². The molecule has 0 unspecified atom stereocenters. The van der Waals surface area contributed by atoms with Crippen LogP contribution in [0, 0.1) is 6.92 Å². The second kappa shape index (κ2) is 6.28. The number of carbonyl (C=O) groups is 1. The van der Waals surface area contributed by atoms with Crippen LogP contribution in [0.25, 0.3) is 11.3 Å². The lowest BCUT2D eigenvalue weighted by Crippen LogP contribution is -2.51. The number of nitrogens with zero attached hydrogens (tertiary/aromatic N) is 2. The van der Waals surface area contributed by atoms with E-state index in [-0.39, 0.29) is 5.91 Å². The van der Waals surface area contributed by atoms with Gasteiger partial charge in [-0.25, -0.2) is 0 Å². The fourth-order valence-corrected chi connectivity index (χ4v) is 2.95. The Balaban J connectivity index is 1.93. The number of aromatic nitrogens is 1. The Morgan fingerprint density at radius 1 is 1.27 bits per heavy atom. The van der Waals surface area contributed by atoms with Gasteiger partial charge in [-0.15, -0.1) is 0 Å². The summed E-state index contributed by atoms with van der Waals surface area (Å²) in [6.45, 7) is 6.48. The fraction of sp³-hybridized carbons (Fsp3) is 0.333. The highest BCUT2D eigenvalue weighted by Gasteiger charge is 2.23. The van der Waals surface area contributed by atoms with Crippen LogP contribution in [0.4, 0.5) is 0 Å². The van der Waals surface area contributed by atoms with Gasteiger partial charge in [-0.3, -0.25) is 9.78 Å². The molecule has 0 aliphatic carbocycles. The van der Waals surface area contributed by atoms with E-state index in [0.717, 1.165) is 42.0 Å². The molecule has 1 atom stereocenters. The maximum atomic E-state index is 12.8. The molecular formula is C18H21N3O. The van der Waals surface area contributed by atoms with Gasteiger partial charge in [0.15, 0.2) is 0 Å². The first kappa shape index (κ1) is 14.7. The molecule has 4 nitrogen and oxygen atoms in total. The van der Waals surface area contributed by atoms with Crippen LogP contribution in [0.3, 0.4) is 0 Å². The zero-order valence-corrected chi connectivity index (χ0v) is 13.0. The number of hydrogen-bond acceptors (Lipinski definition) is 3. The summed E-state index contributed by atoms with van der Waals surface area (Å²) in [5.41, 5.74) is 3.70. The summed E-state index contributed by atoms with van der Waals surface area (Å²) in [5, 5.41) is 3.37. The Morgan fingerprint density at radius 2 is 2.14 bits per heavy atom. The molecule has 1 N–H and O–H groups in total. The molecule has 1 amide bonds. The quantitative estimate of drug-likeness (QED) is 0.926. The average molecular weight is 295 g/mol. The van der Waals surface area contributed by atoms with Gasteiger partial charge < -0.3 is 10.2 Å². The van der Waals surface area contributed by atoms with E-state index in [4.69, 9.17) is 0 Å². The molecule has 1 fully saturated rings. The van der Waals surface area contributed by atoms with Crippen molar-refractivity contribution < 1.29 is 4.79 Å². The van der Waals surface area contributed by atoms with Crippen LogP contribution in [0.2, 0.25) is 0 Å². The molecule has 0 radical (unpaired) electrons. The van der Waals surface area contributed by atoms with Crippen LogP contribution in [0.15, 0.2) is 42.6 Å². The lowest BCUT2D eigenvalue weighted by Gasteiger charge is -2.32. The minimum Gasteiger partial charge on any atom is -0.336 e. The molecule has 2 heterocycles. The number of hydrogen-bond donors (Lipinski definition) is 1. The highest BCUT2D eigenvalue weighted by atomic mass is 16.2. The number of amides is 1. The molecule has 1 aliphatic heterocycles. The Morgan fingerprint density at radius 3 is 2.86 bits per heavy atom. The second-order valence-corrected chi connectivity index (χ2v) is 5.80. The summed E-state index contributed by atoms with van der Waals surface area (Å²) in [7, 11) is 0. The Kier molecular flexibility index (Phi) is 4.20. The summed E-state index contributed by atoms with van der Waals surface area (Å²) in [5.74, 6) is 0.114. The molecule has 3 rings (SSSR count). The largest absolute Gasteiger partial charge is 0.336 e. The summed E-state index contributed by atoms with van der Waals surface area (Å²) in [6.07, 6.45) is 1.78. The van der Waals surface area contributed by atoms with E-state index in [2.05, 4.69) is 17.2 Å². The topological polar surface area (TPSA) is 45.2 Å².